The molecule has 0 amide bonds. The third-order valence-corrected chi connectivity index (χ3v) is 6.09. The molecule has 104 valence electrons. The standard InChI is InChI=1S/C9H16O.C7H12O/c10-4-3-9-6-7-1-2-8(9)5-7;8-7-4-5-1-2-6(7)3-5/h7-10H,1-6H2;5-8H,1-4H2/t;5-,6+,7-/m.0/s1. The Morgan fingerprint density at radius 1 is 0.778 bits per heavy atom. The van der Waals surface area contributed by atoms with E-state index in [4.69, 9.17) is 5.11 Å². The van der Waals surface area contributed by atoms with E-state index >= 15 is 0 Å². The van der Waals surface area contributed by atoms with Crippen molar-refractivity contribution in [2.24, 2.45) is 29.6 Å². The molecule has 3 unspecified atom stereocenters. The summed E-state index contributed by atoms with van der Waals surface area (Å²) in [5.74, 6) is 4.53. The van der Waals surface area contributed by atoms with Gasteiger partial charge in [0.2, 0.25) is 0 Å². The summed E-state index contributed by atoms with van der Waals surface area (Å²) in [5.41, 5.74) is 0. The molecule has 0 saturated heterocycles. The van der Waals surface area contributed by atoms with Gasteiger partial charge in [0, 0.05) is 6.61 Å². The highest BCUT2D eigenvalue weighted by Crippen LogP contribution is 2.49. The van der Waals surface area contributed by atoms with Crippen LogP contribution >= 0.6 is 0 Å². The van der Waals surface area contributed by atoms with Gasteiger partial charge in [-0.15, -0.1) is 0 Å². The molecule has 4 bridgehead atoms. The van der Waals surface area contributed by atoms with Gasteiger partial charge in [0.25, 0.3) is 0 Å². The van der Waals surface area contributed by atoms with Crippen LogP contribution in [-0.4, -0.2) is 22.9 Å². The second-order valence-electron chi connectivity index (χ2n) is 7.19. The topological polar surface area (TPSA) is 40.5 Å². The maximum Gasteiger partial charge on any atom is 0.0571 e. The number of hydrogen-bond acceptors (Lipinski definition) is 2. The van der Waals surface area contributed by atoms with Gasteiger partial charge in [-0.05, 0) is 81.0 Å². The van der Waals surface area contributed by atoms with Crippen molar-refractivity contribution >= 4 is 0 Å². The molecule has 0 aliphatic heterocycles. The molecule has 0 spiro atoms. The summed E-state index contributed by atoms with van der Waals surface area (Å²) in [6.45, 7) is 0.411. The van der Waals surface area contributed by atoms with Crippen molar-refractivity contribution in [3.63, 3.8) is 0 Å². The molecule has 2 heteroatoms. The number of rotatable bonds is 2. The van der Waals surface area contributed by atoms with E-state index < -0.39 is 0 Å². The zero-order chi connectivity index (χ0) is 12.5. The van der Waals surface area contributed by atoms with Crippen LogP contribution in [0.15, 0.2) is 0 Å². The van der Waals surface area contributed by atoms with Crippen molar-refractivity contribution in [3.8, 4) is 0 Å². The Balaban J connectivity index is 0.000000114. The maximum atomic E-state index is 9.22. The van der Waals surface area contributed by atoms with Gasteiger partial charge in [-0.2, -0.15) is 0 Å². The Kier molecular flexibility index (Phi) is 3.95. The van der Waals surface area contributed by atoms with Crippen LogP contribution in [0.4, 0.5) is 0 Å². The number of aliphatic hydroxyl groups excluding tert-OH is 2. The largest absolute Gasteiger partial charge is 0.396 e. The first kappa shape index (κ1) is 12.9. The highest BCUT2D eigenvalue weighted by molar-refractivity contribution is 4.90. The van der Waals surface area contributed by atoms with Crippen molar-refractivity contribution in [1.29, 1.82) is 0 Å². The van der Waals surface area contributed by atoms with Gasteiger partial charge in [-0.1, -0.05) is 6.42 Å². The van der Waals surface area contributed by atoms with Crippen molar-refractivity contribution in [1.82, 2.24) is 0 Å². The highest BCUT2D eigenvalue weighted by Gasteiger charge is 2.39. The fourth-order valence-electron chi connectivity index (χ4n) is 5.11. The van der Waals surface area contributed by atoms with Gasteiger partial charge >= 0.3 is 0 Å². The molecule has 6 atom stereocenters. The average Bonchev–Trinajstić information content (AvgIpc) is 3.09. The molecule has 4 saturated carbocycles. The fraction of sp³-hybridized carbons (Fsp3) is 1.00. The van der Waals surface area contributed by atoms with Crippen molar-refractivity contribution in [2.75, 3.05) is 6.61 Å². The van der Waals surface area contributed by atoms with Crippen molar-refractivity contribution in [2.45, 2.75) is 63.9 Å². The first-order chi connectivity index (χ1) is 8.76. The summed E-state index contributed by atoms with van der Waals surface area (Å²) in [6.07, 6.45) is 12.1. The van der Waals surface area contributed by atoms with Crippen LogP contribution in [0.25, 0.3) is 0 Å². The third-order valence-electron chi connectivity index (χ3n) is 6.09. The van der Waals surface area contributed by atoms with Crippen LogP contribution in [-0.2, 0) is 0 Å². The quantitative estimate of drug-likeness (QED) is 0.793. The van der Waals surface area contributed by atoms with Crippen molar-refractivity contribution in [3.05, 3.63) is 0 Å². The highest BCUT2D eigenvalue weighted by atomic mass is 16.3. The zero-order valence-electron chi connectivity index (χ0n) is 11.4. The molecule has 4 aliphatic rings. The van der Waals surface area contributed by atoms with Gasteiger partial charge in [0.1, 0.15) is 0 Å². The molecule has 4 aliphatic carbocycles. The van der Waals surface area contributed by atoms with Gasteiger partial charge in [0.05, 0.1) is 6.10 Å². The summed E-state index contributed by atoms with van der Waals surface area (Å²) in [5, 5.41) is 18.0. The lowest BCUT2D eigenvalue weighted by Crippen LogP contribution is -2.14. The molecule has 0 aromatic heterocycles. The summed E-state index contributed by atoms with van der Waals surface area (Å²) < 4.78 is 0. The first-order valence-electron chi connectivity index (χ1n) is 8.05. The van der Waals surface area contributed by atoms with E-state index in [0.717, 1.165) is 36.5 Å². The Morgan fingerprint density at radius 3 is 1.78 bits per heavy atom. The molecule has 2 N–H and O–H groups in total. The Hall–Kier alpha value is -0.0800. The Morgan fingerprint density at radius 2 is 1.44 bits per heavy atom. The molecule has 4 rings (SSSR count). The smallest absolute Gasteiger partial charge is 0.0571 e. The van der Waals surface area contributed by atoms with Crippen LogP contribution in [0.1, 0.15) is 57.8 Å². The summed E-state index contributed by atoms with van der Waals surface area (Å²) in [6, 6.07) is 0. The van der Waals surface area contributed by atoms with Crippen LogP contribution in [0.3, 0.4) is 0 Å². The fourth-order valence-corrected chi connectivity index (χ4v) is 5.11. The van der Waals surface area contributed by atoms with E-state index in [9.17, 15) is 5.11 Å². The summed E-state index contributed by atoms with van der Waals surface area (Å²) >= 11 is 0. The maximum absolute atomic E-state index is 9.22. The minimum Gasteiger partial charge on any atom is -0.396 e. The third kappa shape index (κ3) is 2.60. The van der Waals surface area contributed by atoms with Crippen molar-refractivity contribution < 1.29 is 10.2 Å². The average molecular weight is 252 g/mol. The normalized spacial score (nSPS) is 48.3. The second-order valence-corrected chi connectivity index (χ2v) is 7.19. The molecule has 2 nitrogen and oxygen atoms in total. The van der Waals surface area contributed by atoms with E-state index in [2.05, 4.69) is 0 Å². The molecule has 0 aromatic rings. The SMILES string of the molecule is OCCC1CC2CCC1C2.O[C@H]1C[C@H]2CC[C@@H]1C2. The number of hydrogen-bond donors (Lipinski definition) is 2. The van der Waals surface area contributed by atoms with Gasteiger partial charge < -0.3 is 10.2 Å². The monoisotopic (exact) mass is 252 g/mol. The molecular formula is C16H28O2. The number of fused-ring (bicyclic) bond motifs is 4. The minimum atomic E-state index is 0.0775. The van der Waals surface area contributed by atoms with Crippen LogP contribution in [0, 0.1) is 29.6 Å². The zero-order valence-corrected chi connectivity index (χ0v) is 11.4. The van der Waals surface area contributed by atoms with Gasteiger partial charge in [-0.25, -0.2) is 0 Å². The van der Waals surface area contributed by atoms with Crippen LogP contribution in [0.2, 0.25) is 0 Å². The van der Waals surface area contributed by atoms with E-state index in [1.54, 1.807) is 0 Å². The molecule has 4 fully saturated rings. The lowest BCUT2D eigenvalue weighted by Gasteiger charge is -2.19. The summed E-state index contributed by atoms with van der Waals surface area (Å²) in [4.78, 5) is 0. The van der Waals surface area contributed by atoms with E-state index in [1.165, 1.54) is 44.9 Å². The predicted molar refractivity (Wildman–Crippen MR) is 72.1 cm³/mol. The Labute approximate surface area is 111 Å². The van der Waals surface area contributed by atoms with E-state index in [1.807, 2.05) is 0 Å². The lowest BCUT2D eigenvalue weighted by atomic mass is 9.87. The Bertz CT molecular complexity index is 276. The van der Waals surface area contributed by atoms with Gasteiger partial charge in [-0.3, -0.25) is 0 Å². The molecule has 0 aromatic carbocycles. The molecule has 18 heavy (non-hydrogen) atoms. The predicted octanol–water partition coefficient (Wildman–Crippen LogP) is 2.97. The second kappa shape index (κ2) is 5.50. The molecule has 0 heterocycles. The lowest BCUT2D eigenvalue weighted by molar-refractivity contribution is 0.113. The molecule has 0 radical (unpaired) electrons. The van der Waals surface area contributed by atoms with Crippen LogP contribution in [0.5, 0.6) is 0 Å². The number of aliphatic hydroxyl groups is 2. The van der Waals surface area contributed by atoms with Gasteiger partial charge in [0.15, 0.2) is 0 Å². The molecular weight excluding hydrogens is 224 g/mol. The first-order valence-corrected chi connectivity index (χ1v) is 8.05. The summed E-state index contributed by atoms with van der Waals surface area (Å²) in [7, 11) is 0. The van der Waals surface area contributed by atoms with E-state index in [0.29, 0.717) is 12.5 Å². The van der Waals surface area contributed by atoms with Crippen LogP contribution < -0.4 is 0 Å². The van der Waals surface area contributed by atoms with E-state index in [-0.39, 0.29) is 6.10 Å². The minimum absolute atomic E-state index is 0.0775.